The average Bonchev–Trinajstić information content (AvgIpc) is 2.03. The number of nitrogens with two attached hydrogens (primary N) is 1. The van der Waals surface area contributed by atoms with Gasteiger partial charge in [-0.2, -0.15) is 0 Å². The van der Waals surface area contributed by atoms with E-state index in [0.717, 1.165) is 5.02 Å². The third kappa shape index (κ3) is 2.23. The van der Waals surface area contributed by atoms with E-state index in [1.54, 1.807) is 0 Å². The quantitative estimate of drug-likeness (QED) is 0.750. The summed E-state index contributed by atoms with van der Waals surface area (Å²) >= 11 is 5.85. The van der Waals surface area contributed by atoms with Crippen molar-refractivity contribution >= 4 is 11.6 Å². The predicted molar refractivity (Wildman–Crippen MR) is 53.5 cm³/mol. The molecule has 0 aliphatic heterocycles. The van der Waals surface area contributed by atoms with Crippen molar-refractivity contribution in [3.8, 4) is 0 Å². The van der Waals surface area contributed by atoms with Crippen molar-refractivity contribution in [3.05, 3.63) is 34.9 Å². The molecular formula is C10H14ClN. The number of benzene rings is 1. The Kier molecular flexibility index (Phi) is 3.12. The summed E-state index contributed by atoms with van der Waals surface area (Å²) < 4.78 is 0. The number of hydrogen-bond acceptors (Lipinski definition) is 1. The van der Waals surface area contributed by atoms with Gasteiger partial charge >= 0.3 is 0 Å². The molecule has 2 N–H and O–H groups in total. The zero-order chi connectivity index (χ0) is 9.14. The largest absolute Gasteiger partial charge is 0.327 e. The van der Waals surface area contributed by atoms with Gasteiger partial charge in [-0.1, -0.05) is 30.7 Å². The van der Waals surface area contributed by atoms with Crippen LogP contribution in [0.3, 0.4) is 0 Å². The van der Waals surface area contributed by atoms with E-state index in [1.165, 1.54) is 5.56 Å². The molecule has 1 nitrogen and oxygen atoms in total. The van der Waals surface area contributed by atoms with Crippen molar-refractivity contribution in [2.75, 3.05) is 0 Å². The molecule has 1 aromatic carbocycles. The maximum absolute atomic E-state index is 5.85. The lowest BCUT2D eigenvalue weighted by molar-refractivity contribution is 0.613. The second kappa shape index (κ2) is 3.92. The summed E-state index contributed by atoms with van der Waals surface area (Å²) in [6, 6.07) is 8.02. The molecule has 0 radical (unpaired) electrons. The minimum Gasteiger partial charge on any atom is -0.327 e. The Balaban J connectivity index is 2.88. The summed E-state index contributed by atoms with van der Waals surface area (Å²) in [5, 5.41) is 0.778. The van der Waals surface area contributed by atoms with Crippen LogP contribution in [0.4, 0.5) is 0 Å². The fraction of sp³-hybridized carbons (Fsp3) is 0.400. The van der Waals surface area contributed by atoms with Crippen molar-refractivity contribution in [1.29, 1.82) is 0 Å². The van der Waals surface area contributed by atoms with E-state index in [-0.39, 0.29) is 6.04 Å². The first-order valence-corrected chi connectivity index (χ1v) is 4.50. The lowest BCUT2D eigenvalue weighted by Crippen LogP contribution is -2.22. The molecule has 0 saturated carbocycles. The molecule has 1 aromatic rings. The van der Waals surface area contributed by atoms with Gasteiger partial charge in [-0.25, -0.2) is 0 Å². The monoisotopic (exact) mass is 183 g/mol. The molecule has 2 atom stereocenters. The second-order valence-electron chi connectivity index (χ2n) is 3.20. The van der Waals surface area contributed by atoms with E-state index < -0.39 is 0 Å². The Labute approximate surface area is 78.5 Å². The van der Waals surface area contributed by atoms with Crippen LogP contribution >= 0.6 is 11.6 Å². The Bertz CT molecular complexity index is 258. The van der Waals surface area contributed by atoms with Crippen LogP contribution in [0.2, 0.25) is 5.02 Å². The third-order valence-electron chi connectivity index (χ3n) is 2.16. The molecule has 0 aromatic heterocycles. The molecular weight excluding hydrogens is 170 g/mol. The molecule has 0 aliphatic rings. The molecule has 0 aliphatic carbocycles. The Hall–Kier alpha value is -0.530. The summed E-state index contributed by atoms with van der Waals surface area (Å²) in [4.78, 5) is 0. The maximum atomic E-state index is 5.85. The lowest BCUT2D eigenvalue weighted by atomic mass is 9.95. The average molecular weight is 184 g/mol. The molecule has 0 heterocycles. The van der Waals surface area contributed by atoms with Gasteiger partial charge in [0, 0.05) is 11.1 Å². The van der Waals surface area contributed by atoms with E-state index in [0.29, 0.717) is 5.92 Å². The lowest BCUT2D eigenvalue weighted by Gasteiger charge is -2.15. The normalized spacial score (nSPS) is 15.7. The molecule has 12 heavy (non-hydrogen) atoms. The van der Waals surface area contributed by atoms with Gasteiger partial charge in [-0.3, -0.25) is 0 Å². The zero-order valence-corrected chi connectivity index (χ0v) is 8.18. The van der Waals surface area contributed by atoms with E-state index >= 15 is 0 Å². The first kappa shape index (κ1) is 9.56. The fourth-order valence-corrected chi connectivity index (χ4v) is 1.29. The SMILES string of the molecule is CC(N)[C@H](C)c1cccc(Cl)c1. The molecule has 66 valence electrons. The van der Waals surface area contributed by atoms with Crippen LogP contribution in [0.1, 0.15) is 25.3 Å². The van der Waals surface area contributed by atoms with Crippen LogP contribution in [0.15, 0.2) is 24.3 Å². The second-order valence-corrected chi connectivity index (χ2v) is 3.64. The number of rotatable bonds is 2. The highest BCUT2D eigenvalue weighted by Crippen LogP contribution is 2.20. The molecule has 0 amide bonds. The summed E-state index contributed by atoms with van der Waals surface area (Å²) in [5.41, 5.74) is 6.98. The van der Waals surface area contributed by atoms with Gasteiger partial charge in [0.25, 0.3) is 0 Å². The molecule has 1 unspecified atom stereocenters. The summed E-state index contributed by atoms with van der Waals surface area (Å²) in [6.07, 6.45) is 0. The van der Waals surface area contributed by atoms with Crippen LogP contribution in [0, 0.1) is 0 Å². The van der Waals surface area contributed by atoms with Crippen LogP contribution in [-0.4, -0.2) is 6.04 Å². The van der Waals surface area contributed by atoms with Gasteiger partial charge in [-0.15, -0.1) is 0 Å². The van der Waals surface area contributed by atoms with Crippen LogP contribution < -0.4 is 5.73 Å². The van der Waals surface area contributed by atoms with Gasteiger partial charge in [-0.05, 0) is 30.5 Å². The van der Waals surface area contributed by atoms with E-state index in [9.17, 15) is 0 Å². The van der Waals surface area contributed by atoms with Crippen molar-refractivity contribution in [1.82, 2.24) is 0 Å². The molecule has 0 spiro atoms. The molecule has 0 saturated heterocycles. The summed E-state index contributed by atoms with van der Waals surface area (Å²) in [5.74, 6) is 0.365. The van der Waals surface area contributed by atoms with Crippen LogP contribution in [0.25, 0.3) is 0 Å². The first-order chi connectivity index (χ1) is 5.61. The maximum Gasteiger partial charge on any atom is 0.0408 e. The molecule has 0 fully saturated rings. The Morgan fingerprint density at radius 3 is 2.50 bits per heavy atom. The van der Waals surface area contributed by atoms with Crippen LogP contribution in [-0.2, 0) is 0 Å². The van der Waals surface area contributed by atoms with Gasteiger partial charge < -0.3 is 5.73 Å². The van der Waals surface area contributed by atoms with Crippen molar-refractivity contribution in [2.24, 2.45) is 5.73 Å². The highest BCUT2D eigenvalue weighted by Gasteiger charge is 2.09. The highest BCUT2D eigenvalue weighted by atomic mass is 35.5. The van der Waals surface area contributed by atoms with Crippen molar-refractivity contribution in [2.45, 2.75) is 25.8 Å². The smallest absolute Gasteiger partial charge is 0.0408 e. The minimum atomic E-state index is 0.170. The third-order valence-corrected chi connectivity index (χ3v) is 2.40. The van der Waals surface area contributed by atoms with Crippen molar-refractivity contribution < 1.29 is 0 Å². The molecule has 0 bridgehead atoms. The Morgan fingerprint density at radius 2 is 2.00 bits per heavy atom. The van der Waals surface area contributed by atoms with Gasteiger partial charge in [0.05, 0.1) is 0 Å². The zero-order valence-electron chi connectivity index (χ0n) is 7.42. The minimum absolute atomic E-state index is 0.170. The summed E-state index contributed by atoms with van der Waals surface area (Å²) in [6.45, 7) is 4.11. The van der Waals surface area contributed by atoms with Gasteiger partial charge in [0.15, 0.2) is 0 Å². The van der Waals surface area contributed by atoms with Crippen molar-refractivity contribution in [3.63, 3.8) is 0 Å². The van der Waals surface area contributed by atoms with E-state index in [4.69, 9.17) is 17.3 Å². The number of hydrogen-bond donors (Lipinski definition) is 1. The summed E-state index contributed by atoms with van der Waals surface area (Å²) in [7, 11) is 0. The van der Waals surface area contributed by atoms with Gasteiger partial charge in [0.1, 0.15) is 0 Å². The van der Waals surface area contributed by atoms with E-state index in [2.05, 4.69) is 13.0 Å². The highest BCUT2D eigenvalue weighted by molar-refractivity contribution is 6.30. The molecule has 1 rings (SSSR count). The fourth-order valence-electron chi connectivity index (χ4n) is 1.09. The topological polar surface area (TPSA) is 26.0 Å². The van der Waals surface area contributed by atoms with Gasteiger partial charge in [0.2, 0.25) is 0 Å². The first-order valence-electron chi connectivity index (χ1n) is 4.12. The Morgan fingerprint density at radius 1 is 1.33 bits per heavy atom. The standard InChI is InChI=1S/C10H14ClN/c1-7(8(2)12)9-4-3-5-10(11)6-9/h3-8H,12H2,1-2H3/t7-,8?/m0/s1. The molecule has 2 heteroatoms. The van der Waals surface area contributed by atoms with Crippen LogP contribution in [0.5, 0.6) is 0 Å². The van der Waals surface area contributed by atoms with E-state index in [1.807, 2.05) is 25.1 Å². The predicted octanol–water partition coefficient (Wildman–Crippen LogP) is 2.79. The number of halogens is 1.